The van der Waals surface area contributed by atoms with Gasteiger partial charge in [0.05, 0.1) is 7.05 Å². The van der Waals surface area contributed by atoms with Crippen molar-refractivity contribution in [2.45, 2.75) is 26.4 Å². The molecule has 0 aromatic heterocycles. The van der Waals surface area contributed by atoms with Gasteiger partial charge >= 0.3 is 6.03 Å². The highest BCUT2D eigenvalue weighted by Gasteiger charge is 2.30. The third-order valence-electron chi connectivity index (χ3n) is 4.32. The van der Waals surface area contributed by atoms with Crippen LogP contribution in [0.25, 0.3) is 0 Å². The smallest absolute Gasteiger partial charge is 0.321 e. The number of amides is 3. The summed E-state index contributed by atoms with van der Waals surface area (Å²) in [5.41, 5.74) is 4.50. The summed E-state index contributed by atoms with van der Waals surface area (Å²) in [4.78, 5) is 25.3. The Morgan fingerprint density at radius 2 is 1.76 bits per heavy atom. The minimum absolute atomic E-state index is 0.312. The van der Waals surface area contributed by atoms with Crippen molar-refractivity contribution in [2.75, 3.05) is 14.1 Å². The number of aryl methyl sites for hydroxylation is 2. The van der Waals surface area contributed by atoms with Gasteiger partial charge < -0.3 is 10.2 Å². The third kappa shape index (κ3) is 4.90. The highest BCUT2D eigenvalue weighted by Crippen LogP contribution is 2.13. The third-order valence-corrected chi connectivity index (χ3v) is 4.32. The second kappa shape index (κ2) is 8.44. The molecule has 0 saturated carbocycles. The van der Waals surface area contributed by atoms with Crippen LogP contribution in [0.4, 0.5) is 4.79 Å². The molecule has 0 fully saturated rings. The fourth-order valence-electron chi connectivity index (χ4n) is 3.00. The molecular weight excluding hydrogens is 314 g/mol. The Hall–Kier alpha value is -2.66. The maximum Gasteiger partial charge on any atom is 0.321 e. The normalized spacial score (nSPS) is 13.0. The van der Waals surface area contributed by atoms with Crippen molar-refractivity contribution < 1.29 is 14.5 Å². The number of benzene rings is 2. The molecular formula is C20H26N3O2+. The predicted octanol–water partition coefficient (Wildman–Crippen LogP) is 1.52. The molecule has 0 heterocycles. The summed E-state index contributed by atoms with van der Waals surface area (Å²) in [6.45, 7) is 4.83. The molecule has 0 spiro atoms. The lowest BCUT2D eigenvalue weighted by molar-refractivity contribution is -0.916. The summed E-state index contributed by atoms with van der Waals surface area (Å²) in [5, 5.41) is 4.83. The molecule has 2 aromatic rings. The van der Waals surface area contributed by atoms with Crippen LogP contribution in [0.15, 0.2) is 48.5 Å². The van der Waals surface area contributed by atoms with Crippen molar-refractivity contribution in [2.24, 2.45) is 0 Å². The fourth-order valence-corrected chi connectivity index (χ4v) is 3.00. The van der Waals surface area contributed by atoms with Gasteiger partial charge in [0, 0.05) is 18.2 Å². The number of hydrogen-bond acceptors (Lipinski definition) is 2. The van der Waals surface area contributed by atoms with Crippen molar-refractivity contribution in [3.63, 3.8) is 0 Å². The molecule has 3 amide bonds. The summed E-state index contributed by atoms with van der Waals surface area (Å²) < 4.78 is 0. The van der Waals surface area contributed by atoms with Crippen LogP contribution in [-0.2, 0) is 11.3 Å². The largest absolute Gasteiger partial charge is 0.341 e. The van der Waals surface area contributed by atoms with E-state index in [-0.39, 0.29) is 5.91 Å². The number of carbonyl (C=O) groups is 2. The number of quaternary nitrogens is 1. The van der Waals surface area contributed by atoms with Gasteiger partial charge in [0.2, 0.25) is 0 Å². The van der Waals surface area contributed by atoms with E-state index in [1.54, 1.807) is 0 Å². The zero-order chi connectivity index (χ0) is 18.4. The van der Waals surface area contributed by atoms with Crippen LogP contribution in [0, 0.1) is 13.8 Å². The first-order chi connectivity index (χ1) is 11.9. The van der Waals surface area contributed by atoms with Gasteiger partial charge in [-0.25, -0.2) is 4.79 Å². The van der Waals surface area contributed by atoms with E-state index in [0.29, 0.717) is 6.54 Å². The van der Waals surface area contributed by atoms with Crippen LogP contribution in [-0.4, -0.2) is 26.0 Å². The van der Waals surface area contributed by atoms with Crippen LogP contribution in [0.2, 0.25) is 0 Å². The zero-order valence-corrected chi connectivity index (χ0v) is 15.2. The fraction of sp³-hybridized carbons (Fsp3) is 0.300. The van der Waals surface area contributed by atoms with Gasteiger partial charge in [-0.15, -0.1) is 0 Å². The minimum Gasteiger partial charge on any atom is -0.341 e. The molecule has 1 unspecified atom stereocenters. The maximum atomic E-state index is 12.7. The lowest BCUT2D eigenvalue weighted by Gasteiger charge is -2.25. The number of likely N-dealkylation sites (N-methyl/N-ethyl adjacent to an activating group) is 1. The molecule has 0 saturated heterocycles. The monoisotopic (exact) mass is 340 g/mol. The molecule has 0 aliphatic rings. The molecule has 5 nitrogen and oxygen atoms in total. The van der Waals surface area contributed by atoms with Crippen LogP contribution < -0.4 is 15.5 Å². The predicted molar refractivity (Wildman–Crippen MR) is 98.3 cm³/mol. The summed E-state index contributed by atoms with van der Waals surface area (Å²) in [6.07, 6.45) is 0. The number of urea groups is 1. The van der Waals surface area contributed by atoms with Gasteiger partial charge in [-0.3, -0.25) is 10.1 Å². The van der Waals surface area contributed by atoms with Gasteiger partial charge in [-0.1, -0.05) is 54.1 Å². The molecule has 5 heteroatoms. The maximum absolute atomic E-state index is 12.7. The first-order valence-corrected chi connectivity index (χ1v) is 8.38. The Morgan fingerprint density at radius 3 is 2.36 bits per heavy atom. The lowest BCUT2D eigenvalue weighted by Crippen LogP contribution is -3.09. The van der Waals surface area contributed by atoms with Crippen LogP contribution in [0.3, 0.4) is 0 Å². The molecule has 0 aliphatic heterocycles. The van der Waals surface area contributed by atoms with E-state index in [4.69, 9.17) is 0 Å². The Balaban J connectivity index is 2.27. The minimum atomic E-state index is -0.495. The molecule has 132 valence electrons. The van der Waals surface area contributed by atoms with E-state index >= 15 is 0 Å². The zero-order valence-electron chi connectivity index (χ0n) is 15.2. The Bertz CT molecular complexity index is 744. The van der Waals surface area contributed by atoms with Crippen LogP contribution >= 0.6 is 0 Å². The first kappa shape index (κ1) is 18.7. The van der Waals surface area contributed by atoms with Gasteiger partial charge in [-0.2, -0.15) is 0 Å². The molecule has 0 aliphatic carbocycles. The number of nitrogens with one attached hydrogen (secondary N) is 3. The van der Waals surface area contributed by atoms with Gasteiger partial charge in [0.15, 0.2) is 6.04 Å². The summed E-state index contributed by atoms with van der Waals surface area (Å²) in [7, 11) is 3.47. The van der Waals surface area contributed by atoms with Crippen molar-refractivity contribution in [3.8, 4) is 0 Å². The average Bonchev–Trinajstić information content (AvgIpc) is 2.58. The Morgan fingerprint density at radius 1 is 1.08 bits per heavy atom. The molecule has 2 aromatic carbocycles. The highest BCUT2D eigenvalue weighted by atomic mass is 16.2. The molecule has 25 heavy (non-hydrogen) atoms. The number of carbonyl (C=O) groups excluding carboxylic acids is 2. The topological polar surface area (TPSA) is 62.6 Å². The molecule has 0 bridgehead atoms. The lowest BCUT2D eigenvalue weighted by atomic mass is 10.0. The van der Waals surface area contributed by atoms with Crippen molar-refractivity contribution in [1.29, 1.82) is 0 Å². The molecule has 3 N–H and O–H groups in total. The van der Waals surface area contributed by atoms with Crippen molar-refractivity contribution in [3.05, 3.63) is 70.8 Å². The van der Waals surface area contributed by atoms with E-state index in [2.05, 4.69) is 42.7 Å². The quantitative estimate of drug-likeness (QED) is 0.773. The molecule has 0 radical (unpaired) electrons. The summed E-state index contributed by atoms with van der Waals surface area (Å²) >= 11 is 0. The van der Waals surface area contributed by atoms with E-state index in [1.165, 1.54) is 23.7 Å². The Labute approximate surface area is 149 Å². The van der Waals surface area contributed by atoms with Crippen LogP contribution in [0.1, 0.15) is 28.3 Å². The average molecular weight is 340 g/mol. The van der Waals surface area contributed by atoms with Gasteiger partial charge in [0.1, 0.15) is 6.54 Å². The highest BCUT2D eigenvalue weighted by molar-refractivity contribution is 5.96. The van der Waals surface area contributed by atoms with Crippen molar-refractivity contribution >= 4 is 11.9 Å². The van der Waals surface area contributed by atoms with E-state index in [0.717, 1.165) is 10.5 Å². The SMILES string of the molecule is CNC(=O)NC(=O)[C@@H](c1ccccc1)[NH+](C)Cc1ccc(C)cc1C. The summed E-state index contributed by atoms with van der Waals surface area (Å²) in [5.74, 6) is -0.312. The van der Waals surface area contributed by atoms with E-state index in [9.17, 15) is 9.59 Å². The van der Waals surface area contributed by atoms with E-state index in [1.807, 2.05) is 37.4 Å². The first-order valence-electron chi connectivity index (χ1n) is 8.38. The molecule has 2 atom stereocenters. The number of rotatable bonds is 5. The van der Waals surface area contributed by atoms with Gasteiger partial charge in [-0.05, 0) is 19.4 Å². The Kier molecular flexibility index (Phi) is 6.31. The van der Waals surface area contributed by atoms with Crippen molar-refractivity contribution in [1.82, 2.24) is 10.6 Å². The molecule has 2 rings (SSSR count). The second-order valence-corrected chi connectivity index (χ2v) is 6.37. The summed E-state index contributed by atoms with van der Waals surface area (Å²) in [6, 6.07) is 14.9. The van der Waals surface area contributed by atoms with Gasteiger partial charge in [0.25, 0.3) is 5.91 Å². The van der Waals surface area contributed by atoms with Crippen LogP contribution in [0.5, 0.6) is 0 Å². The van der Waals surface area contributed by atoms with E-state index < -0.39 is 12.1 Å². The standard InChI is InChI=1S/C20H25N3O2/c1-14-10-11-17(15(2)12-14)13-23(4)18(16-8-6-5-7-9-16)19(24)22-20(25)21-3/h5-12,18H,13H2,1-4H3,(H2,21,22,24,25)/p+1/t18-/m1/s1. The number of imide groups is 1. The second-order valence-electron chi connectivity index (χ2n) is 6.37. The number of hydrogen-bond donors (Lipinski definition) is 3.